The normalized spacial score (nSPS) is 16.6. The van der Waals surface area contributed by atoms with Crippen molar-refractivity contribution in [2.75, 3.05) is 6.54 Å². The van der Waals surface area contributed by atoms with Crippen molar-refractivity contribution in [1.29, 1.82) is 0 Å². The molecule has 144 valence electrons. The number of aliphatic hydroxyl groups is 2. The third-order valence-corrected chi connectivity index (χ3v) is 4.97. The van der Waals surface area contributed by atoms with Gasteiger partial charge in [0.05, 0.1) is 11.7 Å². The lowest BCUT2D eigenvalue weighted by Crippen LogP contribution is -2.45. The van der Waals surface area contributed by atoms with E-state index in [1.807, 2.05) is 12.1 Å². The van der Waals surface area contributed by atoms with Crippen LogP contribution in [0.2, 0.25) is 0 Å². The second-order valence-corrected chi connectivity index (χ2v) is 8.19. The zero-order chi connectivity index (χ0) is 18.7. The number of rotatable bonds is 13. The van der Waals surface area contributed by atoms with Gasteiger partial charge in [0.25, 0.3) is 0 Å². The van der Waals surface area contributed by atoms with Crippen LogP contribution in [0, 0.1) is 11.8 Å². The van der Waals surface area contributed by atoms with Crippen molar-refractivity contribution in [3.63, 3.8) is 0 Å². The summed E-state index contributed by atoms with van der Waals surface area (Å²) >= 11 is 0. The Balaban J connectivity index is 2.20. The average molecular weight is 351 g/mol. The van der Waals surface area contributed by atoms with Crippen molar-refractivity contribution in [2.24, 2.45) is 11.8 Å². The van der Waals surface area contributed by atoms with Gasteiger partial charge in [0, 0.05) is 25.5 Å². The predicted octanol–water partition coefficient (Wildman–Crippen LogP) is 3.92. The summed E-state index contributed by atoms with van der Waals surface area (Å²) in [5.74, 6) is 1.47. The zero-order valence-corrected chi connectivity index (χ0v) is 16.5. The number of hydrogen-bond donors (Lipinski definition) is 3. The quantitative estimate of drug-likeness (QED) is 0.504. The summed E-state index contributed by atoms with van der Waals surface area (Å²) in [6, 6.07) is 3.89. The Morgan fingerprint density at radius 1 is 1.16 bits per heavy atom. The van der Waals surface area contributed by atoms with Gasteiger partial charge in [-0.25, -0.2) is 0 Å². The molecule has 3 atom stereocenters. The van der Waals surface area contributed by atoms with E-state index < -0.39 is 11.7 Å². The molecule has 0 aromatic carbocycles. The standard InChI is InChI=1S/C21H38N2O2/c1-17(2)8-5-9-18(3)10-6-12-21(4,25)20(24)16-23-15-19-11-7-13-22-14-19/h7,11,13-14,17-18,20,23-25H,5-6,8-10,12,15-16H2,1-4H3. The van der Waals surface area contributed by atoms with E-state index in [2.05, 4.69) is 31.1 Å². The molecule has 1 aromatic heterocycles. The van der Waals surface area contributed by atoms with Gasteiger partial charge < -0.3 is 15.5 Å². The third-order valence-electron chi connectivity index (χ3n) is 4.97. The average Bonchev–Trinajstić information content (AvgIpc) is 2.55. The largest absolute Gasteiger partial charge is 0.389 e. The van der Waals surface area contributed by atoms with Crippen LogP contribution < -0.4 is 5.32 Å². The highest BCUT2D eigenvalue weighted by molar-refractivity contribution is 5.07. The summed E-state index contributed by atoms with van der Waals surface area (Å²) in [5.41, 5.74) is 0.0316. The fourth-order valence-corrected chi connectivity index (χ4v) is 3.07. The molecule has 0 amide bonds. The van der Waals surface area contributed by atoms with Crippen molar-refractivity contribution < 1.29 is 10.2 Å². The lowest BCUT2D eigenvalue weighted by atomic mass is 9.89. The molecule has 0 aliphatic carbocycles. The van der Waals surface area contributed by atoms with Crippen LogP contribution in [0.1, 0.15) is 71.8 Å². The molecule has 0 saturated heterocycles. The molecule has 0 aliphatic rings. The van der Waals surface area contributed by atoms with E-state index in [9.17, 15) is 10.2 Å². The van der Waals surface area contributed by atoms with Gasteiger partial charge in [-0.1, -0.05) is 58.9 Å². The molecular weight excluding hydrogens is 312 g/mol. The van der Waals surface area contributed by atoms with Crippen LogP contribution >= 0.6 is 0 Å². The topological polar surface area (TPSA) is 65.4 Å². The van der Waals surface area contributed by atoms with Crippen LogP contribution in [0.5, 0.6) is 0 Å². The Kier molecular flexibility index (Phi) is 10.2. The number of aromatic nitrogens is 1. The molecule has 1 aromatic rings. The molecule has 3 unspecified atom stereocenters. The van der Waals surface area contributed by atoms with Crippen molar-refractivity contribution in [3.8, 4) is 0 Å². The highest BCUT2D eigenvalue weighted by atomic mass is 16.3. The van der Waals surface area contributed by atoms with Crippen molar-refractivity contribution >= 4 is 0 Å². The molecule has 1 rings (SSSR count). The van der Waals surface area contributed by atoms with Gasteiger partial charge in [0.2, 0.25) is 0 Å². The van der Waals surface area contributed by atoms with Gasteiger partial charge in [-0.3, -0.25) is 4.98 Å². The Labute approximate surface area is 154 Å². The van der Waals surface area contributed by atoms with Gasteiger partial charge in [0.15, 0.2) is 0 Å². The maximum Gasteiger partial charge on any atom is 0.0948 e. The van der Waals surface area contributed by atoms with Gasteiger partial charge in [-0.05, 0) is 36.8 Å². The van der Waals surface area contributed by atoms with Crippen molar-refractivity contribution in [1.82, 2.24) is 10.3 Å². The first-order chi connectivity index (χ1) is 11.8. The lowest BCUT2D eigenvalue weighted by Gasteiger charge is -2.30. The first kappa shape index (κ1) is 22.1. The minimum atomic E-state index is -1.04. The van der Waals surface area contributed by atoms with Gasteiger partial charge >= 0.3 is 0 Å². The van der Waals surface area contributed by atoms with Gasteiger partial charge in [-0.15, -0.1) is 0 Å². The second-order valence-electron chi connectivity index (χ2n) is 8.19. The van der Waals surface area contributed by atoms with Crippen LogP contribution in [0.3, 0.4) is 0 Å². The van der Waals surface area contributed by atoms with Crippen molar-refractivity contribution in [2.45, 2.75) is 84.5 Å². The Hall–Kier alpha value is -0.970. The maximum atomic E-state index is 10.5. The van der Waals surface area contributed by atoms with E-state index in [0.29, 0.717) is 25.4 Å². The van der Waals surface area contributed by atoms with E-state index in [1.165, 1.54) is 19.3 Å². The Morgan fingerprint density at radius 2 is 1.88 bits per heavy atom. The summed E-state index contributed by atoms with van der Waals surface area (Å²) in [6.45, 7) is 9.60. The van der Waals surface area contributed by atoms with Crippen LogP contribution in [-0.2, 0) is 6.54 Å². The summed E-state index contributed by atoms with van der Waals surface area (Å²) in [6.07, 6.45) is 9.33. The first-order valence-corrected chi connectivity index (χ1v) is 9.81. The SMILES string of the molecule is CC(C)CCCC(C)CCCC(C)(O)C(O)CNCc1cccnc1. The number of hydrogen-bond acceptors (Lipinski definition) is 4. The molecule has 0 radical (unpaired) electrons. The highest BCUT2D eigenvalue weighted by Gasteiger charge is 2.29. The minimum Gasteiger partial charge on any atom is -0.389 e. The van der Waals surface area contributed by atoms with Crippen LogP contribution in [-0.4, -0.2) is 33.4 Å². The summed E-state index contributed by atoms with van der Waals surface area (Å²) < 4.78 is 0. The number of aliphatic hydroxyl groups excluding tert-OH is 1. The summed E-state index contributed by atoms with van der Waals surface area (Å²) in [5, 5.41) is 24.0. The number of pyridine rings is 1. The summed E-state index contributed by atoms with van der Waals surface area (Å²) in [7, 11) is 0. The number of nitrogens with one attached hydrogen (secondary N) is 1. The van der Waals surface area contributed by atoms with E-state index in [1.54, 1.807) is 19.3 Å². The molecule has 0 fully saturated rings. The third kappa shape index (κ3) is 9.93. The van der Waals surface area contributed by atoms with E-state index in [-0.39, 0.29) is 0 Å². The van der Waals surface area contributed by atoms with Crippen LogP contribution in [0.15, 0.2) is 24.5 Å². The Bertz CT molecular complexity index is 448. The first-order valence-electron chi connectivity index (χ1n) is 9.81. The molecule has 3 N–H and O–H groups in total. The maximum absolute atomic E-state index is 10.5. The molecule has 0 spiro atoms. The van der Waals surface area contributed by atoms with E-state index >= 15 is 0 Å². The van der Waals surface area contributed by atoms with Gasteiger partial charge in [-0.2, -0.15) is 0 Å². The predicted molar refractivity (Wildman–Crippen MR) is 104 cm³/mol. The minimum absolute atomic E-state index is 0.381. The molecule has 4 heteroatoms. The van der Waals surface area contributed by atoms with Crippen molar-refractivity contribution in [3.05, 3.63) is 30.1 Å². The molecule has 1 heterocycles. The summed E-state index contributed by atoms with van der Waals surface area (Å²) in [4.78, 5) is 4.07. The highest BCUT2D eigenvalue weighted by Crippen LogP contribution is 2.22. The second kappa shape index (κ2) is 11.6. The number of nitrogens with zero attached hydrogens (tertiary/aromatic N) is 1. The lowest BCUT2D eigenvalue weighted by molar-refractivity contribution is -0.0670. The fraction of sp³-hybridized carbons (Fsp3) is 0.762. The van der Waals surface area contributed by atoms with Crippen LogP contribution in [0.4, 0.5) is 0 Å². The van der Waals surface area contributed by atoms with E-state index in [0.717, 1.165) is 24.3 Å². The Morgan fingerprint density at radius 3 is 2.52 bits per heavy atom. The molecule has 4 nitrogen and oxygen atoms in total. The monoisotopic (exact) mass is 350 g/mol. The van der Waals surface area contributed by atoms with Gasteiger partial charge in [0.1, 0.15) is 0 Å². The zero-order valence-electron chi connectivity index (χ0n) is 16.5. The molecule has 0 aliphatic heterocycles. The molecular formula is C21H38N2O2. The fourth-order valence-electron chi connectivity index (χ4n) is 3.07. The molecule has 0 bridgehead atoms. The van der Waals surface area contributed by atoms with E-state index in [4.69, 9.17) is 0 Å². The smallest absolute Gasteiger partial charge is 0.0948 e. The molecule has 0 saturated carbocycles. The molecule has 25 heavy (non-hydrogen) atoms. The van der Waals surface area contributed by atoms with Crippen LogP contribution in [0.25, 0.3) is 0 Å².